The van der Waals surface area contributed by atoms with Crippen molar-refractivity contribution in [2.75, 3.05) is 24.5 Å². The van der Waals surface area contributed by atoms with Gasteiger partial charge in [-0.25, -0.2) is 0 Å². The molecule has 0 spiro atoms. The maximum absolute atomic E-state index is 12.6. The molecule has 0 saturated carbocycles. The second-order valence-electron chi connectivity index (χ2n) is 5.91. The molecule has 2 heterocycles. The first-order chi connectivity index (χ1) is 10.9. The fourth-order valence-corrected chi connectivity index (χ4v) is 3.15. The van der Waals surface area contributed by atoms with E-state index in [4.69, 9.17) is 0 Å². The van der Waals surface area contributed by atoms with Gasteiger partial charge in [0.2, 0.25) is 11.8 Å². The number of nitrogens with zero attached hydrogens (tertiary/aromatic N) is 2. The van der Waals surface area contributed by atoms with Gasteiger partial charge < -0.3 is 9.80 Å². The molecule has 3 rings (SSSR count). The van der Waals surface area contributed by atoms with Crippen molar-refractivity contribution in [2.24, 2.45) is 5.92 Å². The molecule has 0 bridgehead atoms. The van der Waals surface area contributed by atoms with E-state index < -0.39 is 17.7 Å². The standard InChI is InChI=1S/C16H17F3N2O2/c17-16(18,19)11-3-5-12(6-4-11)21-10-7-13(15(21)23)14(22)20-8-1-2-9-20/h3-6,13H,1-2,7-10H2. The summed E-state index contributed by atoms with van der Waals surface area (Å²) in [7, 11) is 0. The highest BCUT2D eigenvalue weighted by atomic mass is 19.4. The third-order valence-electron chi connectivity index (χ3n) is 4.43. The summed E-state index contributed by atoms with van der Waals surface area (Å²) in [6.07, 6.45) is -2.08. The van der Waals surface area contributed by atoms with Gasteiger partial charge in [0, 0.05) is 25.3 Å². The van der Waals surface area contributed by atoms with Crippen LogP contribution in [0.2, 0.25) is 0 Å². The molecule has 2 aliphatic rings. The number of anilines is 1. The lowest BCUT2D eigenvalue weighted by molar-refractivity contribution is -0.139. The molecule has 2 saturated heterocycles. The molecule has 4 nitrogen and oxygen atoms in total. The predicted octanol–water partition coefficient (Wildman–Crippen LogP) is 2.68. The van der Waals surface area contributed by atoms with E-state index in [-0.39, 0.29) is 11.8 Å². The molecule has 2 aliphatic heterocycles. The molecule has 1 atom stereocenters. The monoisotopic (exact) mass is 326 g/mol. The van der Waals surface area contributed by atoms with Gasteiger partial charge >= 0.3 is 6.18 Å². The van der Waals surface area contributed by atoms with Crippen molar-refractivity contribution in [3.63, 3.8) is 0 Å². The maximum Gasteiger partial charge on any atom is 0.416 e. The van der Waals surface area contributed by atoms with Gasteiger partial charge in [0.1, 0.15) is 5.92 Å². The molecule has 1 aromatic carbocycles. The number of rotatable bonds is 2. The van der Waals surface area contributed by atoms with Crippen LogP contribution in [0.4, 0.5) is 18.9 Å². The summed E-state index contributed by atoms with van der Waals surface area (Å²) in [4.78, 5) is 27.9. The summed E-state index contributed by atoms with van der Waals surface area (Å²) in [5.74, 6) is -1.17. The second-order valence-corrected chi connectivity index (χ2v) is 5.91. The number of carbonyl (C=O) groups excluding carboxylic acids is 2. The zero-order valence-corrected chi connectivity index (χ0v) is 12.5. The van der Waals surface area contributed by atoms with Gasteiger partial charge in [-0.05, 0) is 43.5 Å². The van der Waals surface area contributed by atoms with E-state index in [1.165, 1.54) is 17.0 Å². The first-order valence-electron chi connectivity index (χ1n) is 7.65. The molecule has 1 aromatic rings. The van der Waals surface area contributed by atoms with Crippen molar-refractivity contribution in [3.05, 3.63) is 29.8 Å². The van der Waals surface area contributed by atoms with Crippen LogP contribution in [0.1, 0.15) is 24.8 Å². The van der Waals surface area contributed by atoms with Crippen molar-refractivity contribution >= 4 is 17.5 Å². The molecular formula is C16H17F3N2O2. The highest BCUT2D eigenvalue weighted by molar-refractivity contribution is 6.09. The Balaban J connectivity index is 1.72. The van der Waals surface area contributed by atoms with Crippen LogP contribution in [0, 0.1) is 5.92 Å². The van der Waals surface area contributed by atoms with Crippen LogP contribution in [-0.4, -0.2) is 36.3 Å². The number of carbonyl (C=O) groups is 2. The number of likely N-dealkylation sites (tertiary alicyclic amines) is 1. The van der Waals surface area contributed by atoms with E-state index >= 15 is 0 Å². The Morgan fingerprint density at radius 1 is 1.04 bits per heavy atom. The number of alkyl halides is 3. The fourth-order valence-electron chi connectivity index (χ4n) is 3.15. The first-order valence-corrected chi connectivity index (χ1v) is 7.65. The Kier molecular flexibility index (Phi) is 4.04. The van der Waals surface area contributed by atoms with Crippen LogP contribution >= 0.6 is 0 Å². The molecule has 2 amide bonds. The number of benzene rings is 1. The summed E-state index contributed by atoms with van der Waals surface area (Å²) in [5.41, 5.74) is -0.350. The molecule has 124 valence electrons. The van der Waals surface area contributed by atoms with E-state index in [9.17, 15) is 22.8 Å². The third kappa shape index (κ3) is 3.04. The zero-order valence-electron chi connectivity index (χ0n) is 12.5. The van der Waals surface area contributed by atoms with Gasteiger partial charge in [0.15, 0.2) is 0 Å². The highest BCUT2D eigenvalue weighted by Gasteiger charge is 2.40. The third-order valence-corrected chi connectivity index (χ3v) is 4.43. The Bertz CT molecular complexity index is 607. The van der Waals surface area contributed by atoms with Gasteiger partial charge in [-0.2, -0.15) is 13.2 Å². The summed E-state index contributed by atoms with van der Waals surface area (Å²) in [6, 6.07) is 4.48. The number of hydrogen-bond donors (Lipinski definition) is 0. The normalized spacial score (nSPS) is 22.0. The van der Waals surface area contributed by atoms with Gasteiger partial charge in [-0.15, -0.1) is 0 Å². The number of hydrogen-bond acceptors (Lipinski definition) is 2. The minimum Gasteiger partial charge on any atom is -0.342 e. The second kappa shape index (κ2) is 5.86. The minimum atomic E-state index is -4.40. The molecule has 0 aromatic heterocycles. The quantitative estimate of drug-likeness (QED) is 0.784. The molecule has 23 heavy (non-hydrogen) atoms. The molecule has 7 heteroatoms. The molecule has 1 unspecified atom stereocenters. The molecule has 2 fully saturated rings. The Morgan fingerprint density at radius 2 is 1.65 bits per heavy atom. The SMILES string of the molecule is O=C(C1CCN(c2ccc(C(F)(F)F)cc2)C1=O)N1CCCC1. The average Bonchev–Trinajstić information content (AvgIpc) is 3.15. The smallest absolute Gasteiger partial charge is 0.342 e. The van der Waals surface area contributed by atoms with Gasteiger partial charge in [0.25, 0.3) is 0 Å². The summed E-state index contributed by atoms with van der Waals surface area (Å²) in [6.45, 7) is 1.72. The van der Waals surface area contributed by atoms with E-state index in [0.717, 1.165) is 25.0 Å². The molecule has 0 aliphatic carbocycles. The van der Waals surface area contributed by atoms with Crippen molar-refractivity contribution < 1.29 is 22.8 Å². The van der Waals surface area contributed by atoms with E-state index in [1.807, 2.05) is 0 Å². The van der Waals surface area contributed by atoms with Gasteiger partial charge in [0.05, 0.1) is 5.56 Å². The lowest BCUT2D eigenvalue weighted by Crippen LogP contribution is -2.38. The van der Waals surface area contributed by atoms with Crippen LogP contribution in [0.15, 0.2) is 24.3 Å². The molecular weight excluding hydrogens is 309 g/mol. The number of halogens is 3. The predicted molar refractivity (Wildman–Crippen MR) is 77.7 cm³/mol. The van der Waals surface area contributed by atoms with Crippen molar-refractivity contribution in [2.45, 2.75) is 25.4 Å². The minimum absolute atomic E-state index is 0.151. The Morgan fingerprint density at radius 3 is 2.22 bits per heavy atom. The fraction of sp³-hybridized carbons (Fsp3) is 0.500. The average molecular weight is 326 g/mol. The largest absolute Gasteiger partial charge is 0.416 e. The van der Waals surface area contributed by atoms with Crippen LogP contribution in [0.3, 0.4) is 0 Å². The Labute approximate surface area is 131 Å². The highest BCUT2D eigenvalue weighted by Crippen LogP contribution is 2.32. The van der Waals surface area contributed by atoms with Crippen molar-refractivity contribution in [3.8, 4) is 0 Å². The van der Waals surface area contributed by atoms with E-state index in [2.05, 4.69) is 0 Å². The lowest BCUT2D eigenvalue weighted by atomic mass is 10.1. The summed E-state index contributed by atoms with van der Waals surface area (Å²) in [5, 5.41) is 0. The first kappa shape index (κ1) is 15.8. The van der Waals surface area contributed by atoms with Crippen LogP contribution in [0.25, 0.3) is 0 Å². The van der Waals surface area contributed by atoms with Crippen molar-refractivity contribution in [1.82, 2.24) is 4.90 Å². The maximum atomic E-state index is 12.6. The van der Waals surface area contributed by atoms with E-state index in [1.54, 1.807) is 4.90 Å². The Hall–Kier alpha value is -2.05. The van der Waals surface area contributed by atoms with Crippen LogP contribution in [-0.2, 0) is 15.8 Å². The van der Waals surface area contributed by atoms with Crippen molar-refractivity contribution in [1.29, 1.82) is 0 Å². The summed E-state index contributed by atoms with van der Waals surface area (Å²) >= 11 is 0. The van der Waals surface area contributed by atoms with Crippen LogP contribution < -0.4 is 4.90 Å². The number of amides is 2. The van der Waals surface area contributed by atoms with Crippen LogP contribution in [0.5, 0.6) is 0 Å². The molecule has 0 N–H and O–H groups in total. The lowest BCUT2D eigenvalue weighted by Gasteiger charge is -2.20. The molecule has 0 radical (unpaired) electrons. The topological polar surface area (TPSA) is 40.6 Å². The van der Waals surface area contributed by atoms with E-state index in [0.29, 0.717) is 31.7 Å². The zero-order chi connectivity index (χ0) is 16.6. The summed E-state index contributed by atoms with van der Waals surface area (Å²) < 4.78 is 37.8. The van der Waals surface area contributed by atoms with Gasteiger partial charge in [-0.3, -0.25) is 9.59 Å². The van der Waals surface area contributed by atoms with Gasteiger partial charge in [-0.1, -0.05) is 0 Å².